The number of hydrogen-bond donors (Lipinski definition) is 0. The molecule has 1 aliphatic heterocycles. The summed E-state index contributed by atoms with van der Waals surface area (Å²) in [7, 11) is 0. The van der Waals surface area contributed by atoms with E-state index in [0.717, 1.165) is 25.0 Å². The van der Waals surface area contributed by atoms with Crippen molar-refractivity contribution in [2.45, 2.75) is 32.2 Å². The molecule has 0 unspecified atom stereocenters. The molecule has 0 fully saturated rings. The molecule has 1 atom stereocenters. The van der Waals surface area contributed by atoms with Gasteiger partial charge in [0, 0.05) is 26.2 Å². The van der Waals surface area contributed by atoms with E-state index in [0.29, 0.717) is 0 Å². The Balaban J connectivity index is 2.07. The zero-order valence-corrected chi connectivity index (χ0v) is 8.44. The highest BCUT2D eigenvalue weighted by Crippen LogP contribution is 2.16. The Labute approximate surface area is 84.5 Å². The van der Waals surface area contributed by atoms with Crippen molar-refractivity contribution in [3.8, 4) is 0 Å². The Kier molecular flexibility index (Phi) is 2.53. The van der Waals surface area contributed by atoms with Crippen LogP contribution < -0.4 is 0 Å². The first-order valence-corrected chi connectivity index (χ1v) is 5.10. The Morgan fingerprint density at radius 3 is 2.64 bits per heavy atom. The van der Waals surface area contributed by atoms with Crippen LogP contribution in [0.3, 0.4) is 0 Å². The van der Waals surface area contributed by atoms with E-state index >= 15 is 0 Å². The van der Waals surface area contributed by atoms with E-state index in [-0.39, 0.29) is 6.04 Å². The van der Waals surface area contributed by atoms with Crippen molar-refractivity contribution in [3.05, 3.63) is 41.1 Å². The van der Waals surface area contributed by atoms with Crippen molar-refractivity contribution in [3.63, 3.8) is 0 Å². The fourth-order valence-corrected chi connectivity index (χ4v) is 1.99. The molecule has 1 aliphatic rings. The summed E-state index contributed by atoms with van der Waals surface area (Å²) in [5, 5.41) is 11.6. The minimum absolute atomic E-state index is 0.164. The van der Waals surface area contributed by atoms with E-state index in [2.05, 4.69) is 12.1 Å². The second kappa shape index (κ2) is 3.82. The van der Waals surface area contributed by atoms with E-state index < -0.39 is 0 Å². The monoisotopic (exact) mass is 189 g/mol. The number of hydroxylamine groups is 1. The highest BCUT2D eigenvalue weighted by atomic mass is 16.5. The van der Waals surface area contributed by atoms with Crippen molar-refractivity contribution >= 4 is 5.71 Å². The number of hydrogen-bond acceptors (Lipinski definition) is 1. The van der Waals surface area contributed by atoms with Gasteiger partial charge in [0.25, 0.3) is 0 Å². The molecule has 0 saturated carbocycles. The van der Waals surface area contributed by atoms with Gasteiger partial charge in [-0.3, -0.25) is 0 Å². The van der Waals surface area contributed by atoms with Crippen LogP contribution in [0.1, 0.15) is 25.3 Å². The number of nitrogens with zero attached hydrogens (tertiary/aromatic N) is 1. The second-order valence-corrected chi connectivity index (χ2v) is 3.94. The molecule has 74 valence electrons. The maximum Gasteiger partial charge on any atom is 0.167 e. The summed E-state index contributed by atoms with van der Waals surface area (Å²) < 4.78 is 1.19. The van der Waals surface area contributed by atoms with Crippen molar-refractivity contribution in [2.24, 2.45) is 0 Å². The smallest absolute Gasteiger partial charge is 0.167 e. The van der Waals surface area contributed by atoms with Gasteiger partial charge in [-0.2, -0.15) is 0 Å². The van der Waals surface area contributed by atoms with Crippen LogP contribution in [-0.4, -0.2) is 16.5 Å². The van der Waals surface area contributed by atoms with Crippen LogP contribution in [0.2, 0.25) is 0 Å². The van der Waals surface area contributed by atoms with E-state index in [9.17, 15) is 5.21 Å². The van der Waals surface area contributed by atoms with Crippen LogP contribution in [0.4, 0.5) is 0 Å². The van der Waals surface area contributed by atoms with Crippen LogP contribution in [0.15, 0.2) is 30.3 Å². The van der Waals surface area contributed by atoms with Crippen LogP contribution in [0, 0.1) is 5.21 Å². The van der Waals surface area contributed by atoms with Crippen molar-refractivity contribution in [1.82, 2.24) is 0 Å². The second-order valence-electron chi connectivity index (χ2n) is 3.94. The fraction of sp³-hybridized carbons (Fsp3) is 0.417. The average Bonchev–Trinajstić information content (AvgIpc) is 2.52. The lowest BCUT2D eigenvalue weighted by molar-refractivity contribution is -0.492. The van der Waals surface area contributed by atoms with E-state index in [1.54, 1.807) is 0 Å². The normalized spacial score (nSPS) is 21.6. The molecule has 2 heteroatoms. The quantitative estimate of drug-likeness (QED) is 0.518. The van der Waals surface area contributed by atoms with Gasteiger partial charge in [-0.25, -0.2) is 4.74 Å². The first-order valence-electron chi connectivity index (χ1n) is 5.10. The van der Waals surface area contributed by atoms with Gasteiger partial charge in [0.15, 0.2) is 11.8 Å². The molecule has 2 rings (SSSR count). The molecular weight excluding hydrogens is 174 g/mol. The topological polar surface area (TPSA) is 26.1 Å². The molecule has 0 N–H and O–H groups in total. The summed E-state index contributed by atoms with van der Waals surface area (Å²) in [5.41, 5.74) is 2.24. The summed E-state index contributed by atoms with van der Waals surface area (Å²) in [4.78, 5) is 0. The summed E-state index contributed by atoms with van der Waals surface area (Å²) in [6.07, 6.45) is 2.84. The Morgan fingerprint density at radius 1 is 1.36 bits per heavy atom. The van der Waals surface area contributed by atoms with Gasteiger partial charge in [0.05, 0.1) is 0 Å². The van der Waals surface area contributed by atoms with Crippen LogP contribution >= 0.6 is 0 Å². The van der Waals surface area contributed by atoms with Gasteiger partial charge in [-0.1, -0.05) is 30.3 Å². The highest BCUT2D eigenvalue weighted by molar-refractivity contribution is 5.78. The molecule has 0 amide bonds. The molecule has 1 aromatic rings. The lowest BCUT2D eigenvalue weighted by Crippen LogP contribution is -2.20. The van der Waals surface area contributed by atoms with Crippen molar-refractivity contribution in [2.75, 3.05) is 0 Å². The zero-order chi connectivity index (χ0) is 9.97. The third-order valence-corrected chi connectivity index (χ3v) is 2.86. The fourth-order valence-electron chi connectivity index (χ4n) is 1.99. The predicted molar refractivity (Wildman–Crippen MR) is 57.5 cm³/mol. The molecular formula is C12H15NO. The highest BCUT2D eigenvalue weighted by Gasteiger charge is 2.25. The maximum absolute atomic E-state index is 11.6. The molecule has 2 nitrogen and oxygen atoms in total. The van der Waals surface area contributed by atoms with Gasteiger partial charge in [0.2, 0.25) is 0 Å². The molecule has 1 heterocycles. The third kappa shape index (κ3) is 1.79. The number of rotatable bonds is 2. The summed E-state index contributed by atoms with van der Waals surface area (Å²) >= 11 is 0. The first kappa shape index (κ1) is 9.25. The van der Waals surface area contributed by atoms with E-state index in [1.807, 2.05) is 25.1 Å². The van der Waals surface area contributed by atoms with Gasteiger partial charge in [-0.15, -0.1) is 0 Å². The average molecular weight is 189 g/mol. The van der Waals surface area contributed by atoms with Crippen LogP contribution in [-0.2, 0) is 6.42 Å². The largest absolute Gasteiger partial charge is 0.624 e. The lowest BCUT2D eigenvalue weighted by Gasteiger charge is -2.11. The molecule has 0 radical (unpaired) electrons. The third-order valence-electron chi connectivity index (χ3n) is 2.86. The minimum Gasteiger partial charge on any atom is -0.624 e. The van der Waals surface area contributed by atoms with Gasteiger partial charge < -0.3 is 5.21 Å². The standard InChI is InChI=1S/C12H15NO/c1-10-7-8-12(13(10)14)9-11-5-3-2-4-6-11/h2-6,12H,7-9H2,1H3/t12-/m1/s1. The molecule has 0 saturated heterocycles. The van der Waals surface area contributed by atoms with Gasteiger partial charge >= 0.3 is 0 Å². The maximum atomic E-state index is 11.6. The Hall–Kier alpha value is -1.31. The summed E-state index contributed by atoms with van der Waals surface area (Å²) in [6.45, 7) is 1.93. The van der Waals surface area contributed by atoms with Crippen molar-refractivity contribution in [1.29, 1.82) is 0 Å². The first-order chi connectivity index (χ1) is 6.77. The molecule has 0 bridgehead atoms. The molecule has 0 spiro atoms. The minimum atomic E-state index is 0.164. The molecule has 0 aliphatic carbocycles. The molecule has 14 heavy (non-hydrogen) atoms. The van der Waals surface area contributed by atoms with E-state index in [4.69, 9.17) is 0 Å². The SMILES string of the molecule is CC1=[N+]([O-])[C@@H](Cc2ccccc2)CC1. The lowest BCUT2D eigenvalue weighted by atomic mass is 10.0. The summed E-state index contributed by atoms with van der Waals surface area (Å²) in [6, 6.07) is 10.4. The Bertz CT molecular complexity index is 343. The molecule has 0 aromatic heterocycles. The predicted octanol–water partition coefficient (Wildman–Crippen LogP) is 2.36. The zero-order valence-electron chi connectivity index (χ0n) is 8.44. The Morgan fingerprint density at radius 2 is 2.07 bits per heavy atom. The van der Waals surface area contributed by atoms with Crippen LogP contribution in [0.5, 0.6) is 0 Å². The van der Waals surface area contributed by atoms with E-state index in [1.165, 1.54) is 10.3 Å². The molecule has 1 aromatic carbocycles. The van der Waals surface area contributed by atoms with Crippen LogP contribution in [0.25, 0.3) is 0 Å². The van der Waals surface area contributed by atoms with Gasteiger partial charge in [0.1, 0.15) is 0 Å². The van der Waals surface area contributed by atoms with Crippen molar-refractivity contribution < 1.29 is 4.74 Å². The number of benzene rings is 1. The summed E-state index contributed by atoms with van der Waals surface area (Å²) in [5.74, 6) is 0. The van der Waals surface area contributed by atoms with Gasteiger partial charge in [-0.05, 0) is 5.56 Å².